The van der Waals surface area contributed by atoms with E-state index in [1.54, 1.807) is 26.0 Å². The van der Waals surface area contributed by atoms with Crippen LogP contribution in [0.5, 0.6) is 0 Å². The van der Waals surface area contributed by atoms with Crippen LogP contribution in [0.3, 0.4) is 0 Å². The quantitative estimate of drug-likeness (QED) is 0.791. The van der Waals surface area contributed by atoms with Gasteiger partial charge in [-0.15, -0.1) is 0 Å². The first-order chi connectivity index (χ1) is 7.00. The van der Waals surface area contributed by atoms with Gasteiger partial charge in [0.1, 0.15) is 0 Å². The molecule has 0 aliphatic rings. The first-order valence-electron chi connectivity index (χ1n) is 5.32. The van der Waals surface area contributed by atoms with E-state index in [0.717, 1.165) is 18.4 Å². The predicted octanol–water partition coefficient (Wildman–Crippen LogP) is 2.82. The second-order valence-corrected chi connectivity index (χ2v) is 6.42. The molecule has 0 radical (unpaired) electrons. The van der Waals surface area contributed by atoms with Gasteiger partial charge in [0.2, 0.25) is 0 Å². The summed E-state index contributed by atoms with van der Waals surface area (Å²) in [5.41, 5.74) is 0.939. The van der Waals surface area contributed by atoms with Crippen molar-refractivity contribution < 1.29 is 8.42 Å². The van der Waals surface area contributed by atoms with E-state index in [4.69, 9.17) is 0 Å². The lowest BCUT2D eigenvalue weighted by atomic mass is 10.1. The van der Waals surface area contributed by atoms with Crippen LogP contribution in [0.25, 0.3) is 0 Å². The van der Waals surface area contributed by atoms with E-state index >= 15 is 0 Å². The van der Waals surface area contributed by atoms with Crippen LogP contribution in [0.2, 0.25) is 0 Å². The minimum absolute atomic E-state index is 0.351. The molecule has 2 nitrogen and oxygen atoms in total. The van der Waals surface area contributed by atoms with Crippen LogP contribution in [0.1, 0.15) is 32.8 Å². The van der Waals surface area contributed by atoms with Crippen LogP contribution in [0.15, 0.2) is 29.2 Å². The monoisotopic (exact) mass is 226 g/mol. The van der Waals surface area contributed by atoms with E-state index in [1.165, 1.54) is 0 Å². The largest absolute Gasteiger partial charge is 0.223 e. The van der Waals surface area contributed by atoms with Crippen molar-refractivity contribution in [1.82, 2.24) is 0 Å². The van der Waals surface area contributed by atoms with E-state index in [0.29, 0.717) is 4.90 Å². The SMILES string of the molecule is CCCc1ccccc1S(=O)(=O)C(C)C. The molecule has 15 heavy (non-hydrogen) atoms. The molecule has 0 unspecified atom stereocenters. The Morgan fingerprint density at radius 2 is 1.80 bits per heavy atom. The molecule has 1 aromatic carbocycles. The Hall–Kier alpha value is -0.830. The molecule has 0 aliphatic heterocycles. The number of aryl methyl sites for hydroxylation is 1. The zero-order chi connectivity index (χ0) is 11.5. The molecule has 0 heterocycles. The zero-order valence-electron chi connectivity index (χ0n) is 9.53. The predicted molar refractivity (Wildman–Crippen MR) is 62.8 cm³/mol. The maximum absolute atomic E-state index is 12.0. The molecule has 84 valence electrons. The average molecular weight is 226 g/mol. The topological polar surface area (TPSA) is 34.1 Å². The smallest absolute Gasteiger partial charge is 0.180 e. The number of benzene rings is 1. The van der Waals surface area contributed by atoms with Crippen LogP contribution in [-0.4, -0.2) is 13.7 Å². The van der Waals surface area contributed by atoms with Gasteiger partial charge in [0.25, 0.3) is 0 Å². The van der Waals surface area contributed by atoms with Crippen molar-refractivity contribution in [3.05, 3.63) is 29.8 Å². The van der Waals surface area contributed by atoms with Crippen LogP contribution in [0, 0.1) is 0 Å². The maximum atomic E-state index is 12.0. The molecule has 0 atom stereocenters. The first-order valence-corrected chi connectivity index (χ1v) is 6.86. The van der Waals surface area contributed by atoms with Crippen LogP contribution >= 0.6 is 0 Å². The summed E-state index contributed by atoms with van der Waals surface area (Å²) < 4.78 is 24.1. The van der Waals surface area contributed by atoms with E-state index in [1.807, 2.05) is 12.1 Å². The Morgan fingerprint density at radius 1 is 1.20 bits per heavy atom. The minimum atomic E-state index is -3.13. The molecular weight excluding hydrogens is 208 g/mol. The molecule has 0 aliphatic carbocycles. The summed E-state index contributed by atoms with van der Waals surface area (Å²) in [5.74, 6) is 0. The van der Waals surface area contributed by atoms with Gasteiger partial charge in [-0.2, -0.15) is 0 Å². The maximum Gasteiger partial charge on any atom is 0.180 e. The van der Waals surface area contributed by atoms with Crippen molar-refractivity contribution in [2.75, 3.05) is 0 Å². The van der Waals surface area contributed by atoms with Crippen molar-refractivity contribution in [2.24, 2.45) is 0 Å². The molecule has 0 spiro atoms. The molecule has 0 saturated heterocycles. The molecular formula is C12H18O2S. The minimum Gasteiger partial charge on any atom is -0.223 e. The van der Waals surface area contributed by atoms with Gasteiger partial charge in [-0.1, -0.05) is 31.5 Å². The second-order valence-electron chi connectivity index (χ2n) is 3.95. The fraction of sp³-hybridized carbons (Fsp3) is 0.500. The van der Waals surface area contributed by atoms with E-state index in [9.17, 15) is 8.42 Å². The molecule has 0 saturated carbocycles. The standard InChI is InChI=1S/C12H18O2S/c1-4-7-11-8-5-6-9-12(11)15(13,14)10(2)3/h5-6,8-10H,4,7H2,1-3H3. The summed E-state index contributed by atoms with van der Waals surface area (Å²) in [6.45, 7) is 5.49. The summed E-state index contributed by atoms with van der Waals surface area (Å²) in [7, 11) is -3.13. The van der Waals surface area contributed by atoms with Crippen molar-refractivity contribution in [1.29, 1.82) is 0 Å². The van der Waals surface area contributed by atoms with Crippen LogP contribution in [0.4, 0.5) is 0 Å². The molecule has 0 bridgehead atoms. The van der Waals surface area contributed by atoms with Gasteiger partial charge in [-0.3, -0.25) is 0 Å². The van der Waals surface area contributed by atoms with Crippen molar-refractivity contribution in [2.45, 2.75) is 43.8 Å². The number of hydrogen-bond donors (Lipinski definition) is 0. The molecule has 0 amide bonds. The summed E-state index contributed by atoms with van der Waals surface area (Å²) in [6, 6.07) is 7.29. The van der Waals surface area contributed by atoms with Crippen molar-refractivity contribution >= 4 is 9.84 Å². The van der Waals surface area contributed by atoms with Crippen LogP contribution in [-0.2, 0) is 16.3 Å². The van der Waals surface area contributed by atoms with Gasteiger partial charge in [0, 0.05) is 0 Å². The van der Waals surface area contributed by atoms with Gasteiger partial charge in [-0.05, 0) is 31.9 Å². The Balaban J connectivity index is 3.25. The van der Waals surface area contributed by atoms with Crippen molar-refractivity contribution in [3.63, 3.8) is 0 Å². The third-order valence-corrected chi connectivity index (χ3v) is 4.67. The lowest BCUT2D eigenvalue weighted by molar-refractivity contribution is 0.586. The highest BCUT2D eigenvalue weighted by molar-refractivity contribution is 7.92. The van der Waals surface area contributed by atoms with E-state index in [2.05, 4.69) is 6.92 Å². The molecule has 1 rings (SSSR count). The van der Waals surface area contributed by atoms with Crippen LogP contribution < -0.4 is 0 Å². The third kappa shape index (κ3) is 2.59. The summed E-state index contributed by atoms with van der Waals surface area (Å²) >= 11 is 0. The van der Waals surface area contributed by atoms with E-state index in [-0.39, 0.29) is 5.25 Å². The lowest BCUT2D eigenvalue weighted by Gasteiger charge is -2.12. The number of rotatable bonds is 4. The fourth-order valence-electron chi connectivity index (χ4n) is 1.51. The highest BCUT2D eigenvalue weighted by atomic mass is 32.2. The van der Waals surface area contributed by atoms with E-state index < -0.39 is 9.84 Å². The molecule has 3 heteroatoms. The number of sulfone groups is 1. The molecule has 0 N–H and O–H groups in total. The third-order valence-electron chi connectivity index (χ3n) is 2.42. The Morgan fingerprint density at radius 3 is 2.33 bits per heavy atom. The molecule has 0 fully saturated rings. The highest BCUT2D eigenvalue weighted by Gasteiger charge is 2.21. The first kappa shape index (κ1) is 12.2. The van der Waals surface area contributed by atoms with Gasteiger partial charge in [0.15, 0.2) is 9.84 Å². The van der Waals surface area contributed by atoms with Gasteiger partial charge >= 0.3 is 0 Å². The van der Waals surface area contributed by atoms with Gasteiger partial charge in [0.05, 0.1) is 10.1 Å². The fourth-order valence-corrected chi connectivity index (χ4v) is 2.82. The Labute approximate surface area is 92.2 Å². The summed E-state index contributed by atoms with van der Waals surface area (Å²) in [4.78, 5) is 0.502. The lowest BCUT2D eigenvalue weighted by Crippen LogP contribution is -2.15. The Kier molecular flexibility index (Phi) is 3.91. The number of hydrogen-bond acceptors (Lipinski definition) is 2. The van der Waals surface area contributed by atoms with Crippen molar-refractivity contribution in [3.8, 4) is 0 Å². The summed E-state index contributed by atoms with van der Waals surface area (Å²) in [5, 5.41) is -0.351. The van der Waals surface area contributed by atoms with Gasteiger partial charge < -0.3 is 0 Å². The second kappa shape index (κ2) is 4.79. The summed E-state index contributed by atoms with van der Waals surface area (Å²) in [6.07, 6.45) is 1.78. The zero-order valence-corrected chi connectivity index (χ0v) is 10.3. The molecule has 0 aromatic heterocycles. The average Bonchev–Trinajstić information content (AvgIpc) is 2.18. The Bertz CT molecular complexity index is 419. The molecule has 1 aromatic rings. The normalized spacial score (nSPS) is 12.0. The highest BCUT2D eigenvalue weighted by Crippen LogP contribution is 2.21. The van der Waals surface area contributed by atoms with Gasteiger partial charge in [-0.25, -0.2) is 8.42 Å².